The molecule has 20 heavy (non-hydrogen) atoms. The predicted octanol–water partition coefficient (Wildman–Crippen LogP) is 1.89. The number of thiazole rings is 1. The van der Waals surface area contributed by atoms with Crippen LogP contribution in [0.25, 0.3) is 0 Å². The van der Waals surface area contributed by atoms with Crippen molar-refractivity contribution in [1.29, 1.82) is 0 Å². The smallest absolute Gasteiger partial charge is 0.309 e. The number of hydrogen-bond acceptors (Lipinski definition) is 6. The van der Waals surface area contributed by atoms with Crippen LogP contribution in [0, 0.1) is 0 Å². The van der Waals surface area contributed by atoms with Gasteiger partial charge in [0.1, 0.15) is 0 Å². The van der Waals surface area contributed by atoms with Gasteiger partial charge in [-0.1, -0.05) is 6.92 Å². The second-order valence-electron chi connectivity index (χ2n) is 4.01. The summed E-state index contributed by atoms with van der Waals surface area (Å²) in [6.07, 6.45) is 4.01. The zero-order chi connectivity index (χ0) is 14.5. The minimum atomic E-state index is -0.921. The summed E-state index contributed by atoms with van der Waals surface area (Å²) in [4.78, 5) is 31.0. The molecule has 0 amide bonds. The maximum Gasteiger partial charge on any atom is 0.309 e. The summed E-state index contributed by atoms with van der Waals surface area (Å²) in [6, 6.07) is 0. The maximum atomic E-state index is 12.1. The van der Waals surface area contributed by atoms with Gasteiger partial charge in [-0.25, -0.2) is 9.97 Å². The molecule has 0 aliphatic rings. The highest BCUT2D eigenvalue weighted by atomic mass is 32.2. The van der Waals surface area contributed by atoms with Gasteiger partial charge in [-0.05, 0) is 18.2 Å². The van der Waals surface area contributed by atoms with E-state index in [1.54, 1.807) is 22.3 Å². The van der Waals surface area contributed by atoms with Crippen LogP contribution in [0.2, 0.25) is 0 Å². The summed E-state index contributed by atoms with van der Waals surface area (Å²) in [5, 5.41) is 10.7. The molecule has 0 aliphatic carbocycles. The second-order valence-corrected chi connectivity index (χ2v) is 6.10. The lowest BCUT2D eigenvalue weighted by Gasteiger charge is -2.04. The van der Waals surface area contributed by atoms with Crippen molar-refractivity contribution in [3.63, 3.8) is 0 Å². The summed E-state index contributed by atoms with van der Waals surface area (Å²) in [6.45, 7) is 2.65. The molecular weight excluding hydrogens is 298 g/mol. The predicted molar refractivity (Wildman–Crippen MR) is 76.4 cm³/mol. The molecule has 0 atom stereocenters. The fourth-order valence-electron chi connectivity index (χ4n) is 1.57. The van der Waals surface area contributed by atoms with Gasteiger partial charge < -0.3 is 9.67 Å². The quantitative estimate of drug-likeness (QED) is 0.877. The minimum absolute atomic E-state index is 0.112. The average Bonchev–Trinajstić information content (AvgIpc) is 2.81. The van der Waals surface area contributed by atoms with Crippen LogP contribution in [0.3, 0.4) is 0 Å². The van der Waals surface area contributed by atoms with Crippen molar-refractivity contribution in [3.8, 4) is 0 Å². The standard InChI is InChI=1S/C12H13N3O3S2/c1-2-4-15-5-3-13-10(11(15)18)20-12-14-8(7-19-12)6-9(16)17/h3,5,7H,2,4,6H2,1H3,(H,16,17). The Morgan fingerprint density at radius 3 is 3.05 bits per heavy atom. The van der Waals surface area contributed by atoms with Crippen molar-refractivity contribution in [2.75, 3.05) is 0 Å². The van der Waals surface area contributed by atoms with Gasteiger partial charge >= 0.3 is 5.97 Å². The van der Waals surface area contributed by atoms with Gasteiger partial charge in [-0.2, -0.15) is 0 Å². The first kappa shape index (κ1) is 14.7. The molecule has 1 N–H and O–H groups in total. The number of carboxylic acids is 1. The number of nitrogens with zero attached hydrogens (tertiary/aromatic N) is 3. The van der Waals surface area contributed by atoms with Gasteiger partial charge in [0, 0.05) is 24.3 Å². The number of carbonyl (C=O) groups is 1. The number of aromatic nitrogens is 3. The third-order valence-electron chi connectivity index (χ3n) is 2.39. The van der Waals surface area contributed by atoms with E-state index in [1.165, 1.54) is 23.1 Å². The molecule has 2 aromatic heterocycles. The lowest BCUT2D eigenvalue weighted by atomic mass is 10.3. The van der Waals surface area contributed by atoms with Crippen LogP contribution in [0.5, 0.6) is 0 Å². The van der Waals surface area contributed by atoms with Crippen molar-refractivity contribution >= 4 is 29.1 Å². The van der Waals surface area contributed by atoms with Crippen molar-refractivity contribution < 1.29 is 9.90 Å². The Kier molecular flexibility index (Phi) is 4.91. The largest absolute Gasteiger partial charge is 0.481 e. The highest BCUT2D eigenvalue weighted by Crippen LogP contribution is 2.27. The van der Waals surface area contributed by atoms with E-state index in [1.807, 2.05) is 6.92 Å². The molecular formula is C12H13N3O3S2. The van der Waals surface area contributed by atoms with E-state index < -0.39 is 5.97 Å². The van der Waals surface area contributed by atoms with E-state index in [9.17, 15) is 9.59 Å². The number of rotatable bonds is 6. The molecule has 0 bridgehead atoms. The monoisotopic (exact) mass is 311 g/mol. The highest BCUT2D eigenvalue weighted by molar-refractivity contribution is 8.00. The van der Waals surface area contributed by atoms with Crippen LogP contribution in [0.4, 0.5) is 0 Å². The van der Waals surface area contributed by atoms with E-state index >= 15 is 0 Å². The topological polar surface area (TPSA) is 85.1 Å². The number of aliphatic carboxylic acids is 1. The molecule has 0 saturated carbocycles. The van der Waals surface area contributed by atoms with Gasteiger partial charge in [-0.15, -0.1) is 11.3 Å². The van der Waals surface area contributed by atoms with Crippen LogP contribution < -0.4 is 5.56 Å². The highest BCUT2D eigenvalue weighted by Gasteiger charge is 2.11. The molecule has 0 aromatic carbocycles. The fourth-order valence-corrected chi connectivity index (χ4v) is 3.33. The van der Waals surface area contributed by atoms with Crippen LogP contribution in [0.1, 0.15) is 19.0 Å². The number of carboxylic acid groups (broad SMARTS) is 1. The van der Waals surface area contributed by atoms with Crippen LogP contribution in [-0.2, 0) is 17.8 Å². The molecule has 106 valence electrons. The van der Waals surface area contributed by atoms with Crippen molar-refractivity contribution in [3.05, 3.63) is 33.8 Å². The van der Waals surface area contributed by atoms with E-state index in [4.69, 9.17) is 5.11 Å². The fraction of sp³-hybridized carbons (Fsp3) is 0.333. The Morgan fingerprint density at radius 2 is 2.35 bits per heavy atom. The van der Waals surface area contributed by atoms with Gasteiger partial charge in [-0.3, -0.25) is 9.59 Å². The lowest BCUT2D eigenvalue weighted by Crippen LogP contribution is -2.21. The second kappa shape index (κ2) is 6.67. The maximum absolute atomic E-state index is 12.1. The molecule has 0 fully saturated rings. The zero-order valence-corrected chi connectivity index (χ0v) is 12.4. The molecule has 2 heterocycles. The van der Waals surface area contributed by atoms with Gasteiger partial charge in [0.05, 0.1) is 12.1 Å². The Labute approximate surface area is 123 Å². The Morgan fingerprint density at radius 1 is 1.55 bits per heavy atom. The minimum Gasteiger partial charge on any atom is -0.481 e. The molecule has 0 aliphatic heterocycles. The summed E-state index contributed by atoms with van der Waals surface area (Å²) >= 11 is 2.49. The Hall–Kier alpha value is -1.67. The summed E-state index contributed by atoms with van der Waals surface area (Å²) in [5.41, 5.74) is 0.351. The first-order valence-corrected chi connectivity index (χ1v) is 7.69. The third-order valence-corrected chi connectivity index (χ3v) is 4.35. The molecule has 8 heteroatoms. The van der Waals surface area contributed by atoms with Crippen molar-refractivity contribution in [2.24, 2.45) is 0 Å². The molecule has 0 unspecified atom stereocenters. The van der Waals surface area contributed by atoms with Gasteiger partial charge in [0.15, 0.2) is 9.37 Å². The van der Waals surface area contributed by atoms with Crippen LogP contribution in [-0.4, -0.2) is 25.6 Å². The molecule has 6 nitrogen and oxygen atoms in total. The first-order valence-electron chi connectivity index (χ1n) is 5.99. The molecule has 2 rings (SSSR count). The molecule has 0 saturated heterocycles. The Bertz CT molecular complexity index is 666. The van der Waals surface area contributed by atoms with Gasteiger partial charge in [0.25, 0.3) is 5.56 Å². The SMILES string of the molecule is CCCn1ccnc(Sc2nc(CC(=O)O)cs2)c1=O. The van der Waals surface area contributed by atoms with E-state index in [0.717, 1.165) is 6.42 Å². The number of aryl methyl sites for hydroxylation is 1. The first-order chi connectivity index (χ1) is 9.60. The van der Waals surface area contributed by atoms with E-state index in [0.29, 0.717) is 21.6 Å². The zero-order valence-electron chi connectivity index (χ0n) is 10.8. The third kappa shape index (κ3) is 3.67. The summed E-state index contributed by atoms with van der Waals surface area (Å²) < 4.78 is 2.24. The molecule has 0 radical (unpaired) electrons. The summed E-state index contributed by atoms with van der Waals surface area (Å²) in [7, 11) is 0. The van der Waals surface area contributed by atoms with Crippen molar-refractivity contribution in [2.45, 2.75) is 35.7 Å². The molecule has 0 spiro atoms. The van der Waals surface area contributed by atoms with Crippen LogP contribution in [0.15, 0.2) is 31.9 Å². The normalized spacial score (nSPS) is 10.7. The molecule has 2 aromatic rings. The van der Waals surface area contributed by atoms with E-state index in [2.05, 4.69) is 9.97 Å². The van der Waals surface area contributed by atoms with Gasteiger partial charge in [0.2, 0.25) is 0 Å². The Balaban J connectivity index is 2.17. The average molecular weight is 311 g/mol. The lowest BCUT2D eigenvalue weighted by molar-refractivity contribution is -0.136. The van der Waals surface area contributed by atoms with Crippen molar-refractivity contribution in [1.82, 2.24) is 14.5 Å². The summed E-state index contributed by atoms with van der Waals surface area (Å²) in [5.74, 6) is -0.921. The number of hydrogen-bond donors (Lipinski definition) is 1. The van der Waals surface area contributed by atoms with Crippen LogP contribution >= 0.6 is 23.1 Å². The van der Waals surface area contributed by atoms with E-state index in [-0.39, 0.29) is 12.0 Å².